The molecule has 0 aromatic rings. The van der Waals surface area contributed by atoms with Crippen molar-refractivity contribution in [3.05, 3.63) is 0 Å². The monoisotopic (exact) mass is 319 g/mol. The second-order valence-electron chi connectivity index (χ2n) is 5.76. The lowest BCUT2D eigenvalue weighted by atomic mass is 9.99. The maximum atomic E-state index is 12.4. The first-order valence-electron chi connectivity index (χ1n) is 6.92. The van der Waals surface area contributed by atoms with Gasteiger partial charge in [-0.2, -0.15) is 4.31 Å². The van der Waals surface area contributed by atoms with Gasteiger partial charge in [0.2, 0.25) is 10.0 Å². The lowest BCUT2D eigenvalue weighted by Crippen LogP contribution is -2.53. The third-order valence-electron chi connectivity index (χ3n) is 4.18. The van der Waals surface area contributed by atoms with Crippen molar-refractivity contribution in [2.24, 2.45) is 11.8 Å². The average molecular weight is 319 g/mol. The van der Waals surface area contributed by atoms with E-state index in [1.54, 1.807) is 9.80 Å². The van der Waals surface area contributed by atoms with Crippen LogP contribution in [-0.4, -0.2) is 85.2 Å². The van der Waals surface area contributed by atoms with Gasteiger partial charge in [0.25, 0.3) is 0 Å². The number of hydrogen-bond acceptors (Lipinski definition) is 4. The predicted octanol–water partition coefficient (Wildman–Crippen LogP) is -0.664. The second-order valence-corrected chi connectivity index (χ2v) is 7.74. The van der Waals surface area contributed by atoms with Gasteiger partial charge in [0.05, 0.1) is 12.2 Å². The van der Waals surface area contributed by atoms with E-state index in [2.05, 4.69) is 0 Å². The zero-order chi connectivity index (χ0) is 15.8. The van der Waals surface area contributed by atoms with E-state index in [0.717, 1.165) is 6.26 Å². The summed E-state index contributed by atoms with van der Waals surface area (Å²) in [6, 6.07) is -0.196. The summed E-state index contributed by atoms with van der Waals surface area (Å²) in [6.07, 6.45) is 1.16. The van der Waals surface area contributed by atoms with E-state index < -0.39 is 21.9 Å². The quantitative estimate of drug-likeness (QED) is 0.728. The zero-order valence-electron chi connectivity index (χ0n) is 12.2. The number of carbonyl (C=O) groups excluding carboxylic acids is 1. The molecule has 1 N–H and O–H groups in total. The number of rotatable bonds is 2. The maximum absolute atomic E-state index is 12.4. The number of urea groups is 1. The first-order chi connectivity index (χ1) is 9.70. The number of hydrogen-bond donors (Lipinski definition) is 1. The fourth-order valence-corrected chi connectivity index (χ4v) is 3.68. The van der Waals surface area contributed by atoms with Gasteiger partial charge in [-0.25, -0.2) is 13.2 Å². The number of carboxylic acid groups (broad SMARTS) is 1. The Morgan fingerprint density at radius 2 is 1.62 bits per heavy atom. The van der Waals surface area contributed by atoms with Gasteiger partial charge in [-0.05, 0) is 5.92 Å². The molecule has 2 aliphatic heterocycles. The third-order valence-corrected chi connectivity index (χ3v) is 5.48. The minimum atomic E-state index is -3.22. The summed E-state index contributed by atoms with van der Waals surface area (Å²) in [7, 11) is -3.22. The van der Waals surface area contributed by atoms with Gasteiger partial charge in [0, 0.05) is 39.3 Å². The van der Waals surface area contributed by atoms with Crippen molar-refractivity contribution in [3.8, 4) is 0 Å². The normalized spacial score (nSPS) is 27.9. The molecule has 8 nitrogen and oxygen atoms in total. The Kier molecular flexibility index (Phi) is 4.43. The number of aliphatic carboxylic acids is 1. The Bertz CT molecular complexity index is 527. The molecule has 0 radical (unpaired) electrons. The highest BCUT2D eigenvalue weighted by molar-refractivity contribution is 7.88. The highest BCUT2D eigenvalue weighted by Gasteiger charge is 2.39. The molecule has 0 aromatic carbocycles. The fourth-order valence-electron chi connectivity index (χ4n) is 2.86. The number of sulfonamides is 1. The Balaban J connectivity index is 1.93. The number of carboxylic acids is 1. The molecule has 0 bridgehead atoms. The van der Waals surface area contributed by atoms with E-state index >= 15 is 0 Å². The number of carbonyl (C=O) groups is 2. The second kappa shape index (κ2) is 5.80. The largest absolute Gasteiger partial charge is 0.481 e. The van der Waals surface area contributed by atoms with Crippen LogP contribution >= 0.6 is 0 Å². The summed E-state index contributed by atoms with van der Waals surface area (Å²) in [5, 5.41) is 9.09. The van der Waals surface area contributed by atoms with Crippen LogP contribution in [0, 0.1) is 11.8 Å². The number of likely N-dealkylation sites (tertiary alicyclic amines) is 1. The molecule has 2 aliphatic rings. The molecular weight excluding hydrogens is 298 g/mol. The van der Waals surface area contributed by atoms with Crippen LogP contribution < -0.4 is 0 Å². The van der Waals surface area contributed by atoms with Gasteiger partial charge in [0.1, 0.15) is 0 Å². The molecule has 120 valence electrons. The molecule has 0 saturated carbocycles. The molecule has 21 heavy (non-hydrogen) atoms. The lowest BCUT2D eigenvalue weighted by Gasteiger charge is -2.35. The van der Waals surface area contributed by atoms with Crippen LogP contribution in [0.15, 0.2) is 0 Å². The van der Waals surface area contributed by atoms with Gasteiger partial charge in [-0.15, -0.1) is 0 Å². The van der Waals surface area contributed by atoms with E-state index in [-0.39, 0.29) is 31.6 Å². The average Bonchev–Trinajstić information content (AvgIpc) is 2.79. The highest BCUT2D eigenvalue weighted by Crippen LogP contribution is 2.24. The van der Waals surface area contributed by atoms with Crippen molar-refractivity contribution >= 4 is 22.0 Å². The van der Waals surface area contributed by atoms with Crippen molar-refractivity contribution in [1.29, 1.82) is 0 Å². The van der Waals surface area contributed by atoms with Gasteiger partial charge in [0.15, 0.2) is 0 Å². The summed E-state index contributed by atoms with van der Waals surface area (Å²) >= 11 is 0. The summed E-state index contributed by atoms with van der Waals surface area (Å²) in [4.78, 5) is 26.6. The number of piperazine rings is 1. The van der Waals surface area contributed by atoms with E-state index in [4.69, 9.17) is 5.11 Å². The molecule has 2 heterocycles. The number of nitrogens with zero attached hydrogens (tertiary/aromatic N) is 3. The molecule has 9 heteroatoms. The molecule has 0 spiro atoms. The smallest absolute Gasteiger partial charge is 0.320 e. The molecule has 2 saturated heterocycles. The van der Waals surface area contributed by atoms with Crippen molar-refractivity contribution in [1.82, 2.24) is 14.1 Å². The Labute approximate surface area is 124 Å². The fraction of sp³-hybridized carbons (Fsp3) is 0.833. The first kappa shape index (κ1) is 16.0. The van der Waals surface area contributed by atoms with Crippen LogP contribution in [0.4, 0.5) is 4.79 Å². The zero-order valence-corrected chi connectivity index (χ0v) is 13.0. The molecular formula is C12H21N3O5S. The van der Waals surface area contributed by atoms with E-state index in [0.29, 0.717) is 19.6 Å². The Hall–Kier alpha value is -1.35. The Morgan fingerprint density at radius 3 is 2.05 bits per heavy atom. The van der Waals surface area contributed by atoms with Crippen molar-refractivity contribution < 1.29 is 23.1 Å². The Morgan fingerprint density at radius 1 is 1.05 bits per heavy atom. The van der Waals surface area contributed by atoms with Gasteiger partial charge in [-0.1, -0.05) is 6.92 Å². The predicted molar refractivity (Wildman–Crippen MR) is 75.2 cm³/mol. The molecule has 2 fully saturated rings. The van der Waals surface area contributed by atoms with Gasteiger partial charge < -0.3 is 14.9 Å². The third kappa shape index (κ3) is 3.46. The van der Waals surface area contributed by atoms with Crippen LogP contribution in [0.1, 0.15) is 6.92 Å². The summed E-state index contributed by atoms with van der Waals surface area (Å²) < 4.78 is 24.2. The summed E-state index contributed by atoms with van der Waals surface area (Å²) in [5.74, 6) is -1.46. The SMILES string of the molecule is CC1CN(C(=O)N2CCN(S(C)(=O)=O)CC2)CC1C(=O)O. The van der Waals surface area contributed by atoms with E-state index in [9.17, 15) is 18.0 Å². The van der Waals surface area contributed by atoms with Crippen molar-refractivity contribution in [2.45, 2.75) is 6.92 Å². The van der Waals surface area contributed by atoms with Gasteiger partial charge >= 0.3 is 12.0 Å². The van der Waals surface area contributed by atoms with Crippen LogP contribution in [0.2, 0.25) is 0 Å². The molecule has 2 amide bonds. The maximum Gasteiger partial charge on any atom is 0.320 e. The molecule has 2 unspecified atom stereocenters. The first-order valence-corrected chi connectivity index (χ1v) is 8.76. The number of amides is 2. The standard InChI is InChI=1S/C12H21N3O5S/c1-9-7-14(8-10(9)11(16)17)12(18)13-3-5-15(6-4-13)21(2,19)20/h9-10H,3-8H2,1-2H3,(H,16,17). The van der Waals surface area contributed by atoms with E-state index in [1.807, 2.05) is 6.92 Å². The van der Waals surface area contributed by atoms with Crippen LogP contribution in [-0.2, 0) is 14.8 Å². The molecule has 0 aromatic heterocycles. The lowest BCUT2D eigenvalue weighted by molar-refractivity contribution is -0.142. The minimum absolute atomic E-state index is 0.0660. The van der Waals surface area contributed by atoms with Crippen molar-refractivity contribution in [2.75, 3.05) is 45.5 Å². The highest BCUT2D eigenvalue weighted by atomic mass is 32.2. The molecule has 2 rings (SSSR count). The minimum Gasteiger partial charge on any atom is -0.481 e. The van der Waals surface area contributed by atoms with Crippen molar-refractivity contribution in [3.63, 3.8) is 0 Å². The topological polar surface area (TPSA) is 98.2 Å². The molecule has 0 aliphatic carbocycles. The van der Waals surface area contributed by atoms with Crippen LogP contribution in [0.3, 0.4) is 0 Å². The van der Waals surface area contributed by atoms with Crippen LogP contribution in [0.25, 0.3) is 0 Å². The van der Waals surface area contributed by atoms with Gasteiger partial charge in [-0.3, -0.25) is 4.79 Å². The summed E-state index contributed by atoms with van der Waals surface area (Å²) in [6.45, 7) is 3.74. The summed E-state index contributed by atoms with van der Waals surface area (Å²) in [5.41, 5.74) is 0. The van der Waals surface area contributed by atoms with E-state index in [1.165, 1.54) is 4.31 Å². The van der Waals surface area contributed by atoms with Crippen LogP contribution in [0.5, 0.6) is 0 Å². The molecule has 2 atom stereocenters.